The lowest BCUT2D eigenvalue weighted by atomic mass is 10.2. The van der Waals surface area contributed by atoms with Gasteiger partial charge in [0, 0.05) is 0 Å². The van der Waals surface area contributed by atoms with Crippen LogP contribution in [0.1, 0.15) is 5.56 Å². The second-order valence-electron chi connectivity index (χ2n) is 5.47. The predicted molar refractivity (Wildman–Crippen MR) is 101 cm³/mol. The molecule has 0 saturated carbocycles. The van der Waals surface area contributed by atoms with Gasteiger partial charge in [0.15, 0.2) is 10.9 Å². The molecule has 0 bridgehead atoms. The van der Waals surface area contributed by atoms with Gasteiger partial charge < -0.3 is 15.8 Å². The van der Waals surface area contributed by atoms with Crippen LogP contribution in [-0.4, -0.2) is 15.0 Å². The molecular weight excluding hydrogens is 334 g/mol. The Morgan fingerprint density at radius 1 is 1.08 bits per heavy atom. The Bertz CT molecular complexity index is 1030. The Morgan fingerprint density at radius 3 is 2.76 bits per heavy atom. The van der Waals surface area contributed by atoms with Crippen molar-refractivity contribution in [1.82, 2.24) is 15.0 Å². The van der Waals surface area contributed by atoms with Gasteiger partial charge in [-0.05, 0) is 36.8 Å². The molecule has 0 aliphatic rings. The van der Waals surface area contributed by atoms with E-state index in [2.05, 4.69) is 33.3 Å². The molecule has 4 rings (SSSR count). The van der Waals surface area contributed by atoms with E-state index in [1.54, 1.807) is 11.3 Å². The Hall–Kier alpha value is -3.19. The molecule has 6 nitrogen and oxygen atoms in total. The second-order valence-corrected chi connectivity index (χ2v) is 6.50. The van der Waals surface area contributed by atoms with Crippen molar-refractivity contribution in [2.24, 2.45) is 0 Å². The van der Waals surface area contributed by atoms with E-state index in [1.807, 2.05) is 42.5 Å². The maximum absolute atomic E-state index is 6.16. The molecular formula is C18H15N5OS. The minimum absolute atomic E-state index is 0.306. The molecule has 0 unspecified atom stereocenters. The molecule has 0 saturated heterocycles. The van der Waals surface area contributed by atoms with Gasteiger partial charge in [-0.3, -0.25) is 0 Å². The molecule has 0 fully saturated rings. The number of nitrogens with zero attached hydrogens (tertiary/aromatic N) is 3. The quantitative estimate of drug-likeness (QED) is 0.564. The molecule has 4 aromatic rings. The van der Waals surface area contributed by atoms with Crippen LogP contribution in [0.4, 0.5) is 16.6 Å². The van der Waals surface area contributed by atoms with Gasteiger partial charge in [-0.1, -0.05) is 35.6 Å². The molecule has 0 aliphatic heterocycles. The summed E-state index contributed by atoms with van der Waals surface area (Å²) in [5.41, 5.74) is 8.63. The normalized spacial score (nSPS) is 10.8. The third-order valence-electron chi connectivity index (χ3n) is 3.57. The zero-order valence-corrected chi connectivity index (χ0v) is 14.2. The van der Waals surface area contributed by atoms with Crippen LogP contribution >= 0.6 is 11.3 Å². The number of fused-ring (bicyclic) bond motifs is 1. The first kappa shape index (κ1) is 15.3. The largest absolute Gasteiger partial charge is 0.437 e. The van der Waals surface area contributed by atoms with Crippen LogP contribution in [0, 0.1) is 6.92 Å². The third-order valence-corrected chi connectivity index (χ3v) is 4.51. The molecule has 0 atom stereocenters. The zero-order chi connectivity index (χ0) is 17.2. The number of nitrogen functional groups attached to an aromatic ring is 1. The standard InChI is InChI=1S/C18H15N5OS/c1-11-7-8-13-14(9-11)25-18(22-13)23-16-15(19)17(21-10-20-16)24-12-5-3-2-4-6-12/h2-10H,19H2,1H3,(H,20,21,22,23). The number of aryl methyl sites for hydroxylation is 1. The number of benzene rings is 2. The number of hydrogen-bond acceptors (Lipinski definition) is 7. The van der Waals surface area contributed by atoms with Gasteiger partial charge in [-0.2, -0.15) is 4.98 Å². The van der Waals surface area contributed by atoms with Crippen LogP contribution in [0.3, 0.4) is 0 Å². The van der Waals surface area contributed by atoms with Gasteiger partial charge in [0.05, 0.1) is 10.2 Å². The Balaban J connectivity index is 1.62. The summed E-state index contributed by atoms with van der Waals surface area (Å²) in [4.78, 5) is 12.9. The number of aromatic nitrogens is 3. The minimum atomic E-state index is 0.306. The van der Waals surface area contributed by atoms with E-state index in [0.29, 0.717) is 23.1 Å². The smallest absolute Gasteiger partial charge is 0.248 e. The van der Waals surface area contributed by atoms with Gasteiger partial charge in [-0.25, -0.2) is 9.97 Å². The highest BCUT2D eigenvalue weighted by Crippen LogP contribution is 2.33. The van der Waals surface area contributed by atoms with E-state index >= 15 is 0 Å². The summed E-state index contributed by atoms with van der Waals surface area (Å²) >= 11 is 1.55. The molecule has 0 spiro atoms. The highest BCUT2D eigenvalue weighted by atomic mass is 32.1. The fourth-order valence-electron chi connectivity index (χ4n) is 2.35. The van der Waals surface area contributed by atoms with Crippen molar-refractivity contribution in [3.63, 3.8) is 0 Å². The molecule has 124 valence electrons. The van der Waals surface area contributed by atoms with E-state index in [1.165, 1.54) is 11.9 Å². The van der Waals surface area contributed by atoms with Crippen LogP contribution in [0.5, 0.6) is 11.6 Å². The Labute approximate surface area is 148 Å². The fraction of sp³-hybridized carbons (Fsp3) is 0.0556. The van der Waals surface area contributed by atoms with Crippen LogP contribution < -0.4 is 15.8 Å². The van der Waals surface area contributed by atoms with Crippen molar-refractivity contribution in [3.05, 3.63) is 60.4 Å². The Kier molecular flexibility index (Phi) is 3.91. The van der Waals surface area contributed by atoms with E-state index in [-0.39, 0.29) is 0 Å². The first-order valence-corrected chi connectivity index (χ1v) is 8.48. The molecule has 7 heteroatoms. The predicted octanol–water partition coefficient (Wildman–Crippen LogP) is 4.51. The van der Waals surface area contributed by atoms with Crippen molar-refractivity contribution in [2.45, 2.75) is 6.92 Å². The van der Waals surface area contributed by atoms with Crippen molar-refractivity contribution < 1.29 is 4.74 Å². The van der Waals surface area contributed by atoms with E-state index in [4.69, 9.17) is 10.5 Å². The summed E-state index contributed by atoms with van der Waals surface area (Å²) < 4.78 is 6.84. The van der Waals surface area contributed by atoms with Gasteiger partial charge in [0.2, 0.25) is 5.88 Å². The van der Waals surface area contributed by atoms with E-state index in [0.717, 1.165) is 15.3 Å². The number of hydrogen-bond donors (Lipinski definition) is 2. The number of para-hydroxylation sites is 1. The monoisotopic (exact) mass is 349 g/mol. The lowest BCUT2D eigenvalue weighted by Gasteiger charge is -2.10. The molecule has 25 heavy (non-hydrogen) atoms. The van der Waals surface area contributed by atoms with Crippen molar-refractivity contribution in [2.75, 3.05) is 11.1 Å². The summed E-state index contributed by atoms with van der Waals surface area (Å²) in [6, 6.07) is 15.5. The molecule has 0 amide bonds. The van der Waals surface area contributed by atoms with Crippen molar-refractivity contribution in [3.8, 4) is 11.6 Å². The van der Waals surface area contributed by atoms with Crippen LogP contribution in [0.25, 0.3) is 10.2 Å². The van der Waals surface area contributed by atoms with Crippen LogP contribution in [0.15, 0.2) is 54.9 Å². The number of nitrogens with one attached hydrogen (secondary N) is 1. The first-order chi connectivity index (χ1) is 12.2. The second kappa shape index (κ2) is 6.37. The summed E-state index contributed by atoms with van der Waals surface area (Å²) in [5.74, 6) is 1.44. The van der Waals surface area contributed by atoms with E-state index in [9.17, 15) is 0 Å². The Morgan fingerprint density at radius 2 is 1.92 bits per heavy atom. The summed E-state index contributed by atoms with van der Waals surface area (Å²) in [6.45, 7) is 2.06. The third kappa shape index (κ3) is 3.22. The average Bonchev–Trinajstić information content (AvgIpc) is 3.01. The maximum atomic E-state index is 6.16. The topological polar surface area (TPSA) is 86.0 Å². The lowest BCUT2D eigenvalue weighted by Crippen LogP contribution is -2.02. The molecule has 2 aromatic carbocycles. The van der Waals surface area contributed by atoms with Gasteiger partial charge in [-0.15, -0.1) is 0 Å². The van der Waals surface area contributed by atoms with E-state index < -0.39 is 0 Å². The average molecular weight is 349 g/mol. The summed E-state index contributed by atoms with van der Waals surface area (Å²) in [6.07, 6.45) is 1.41. The molecule has 0 aliphatic carbocycles. The fourth-order valence-corrected chi connectivity index (χ4v) is 3.31. The molecule has 0 radical (unpaired) electrons. The van der Waals surface area contributed by atoms with Gasteiger partial charge in [0.1, 0.15) is 17.8 Å². The minimum Gasteiger partial charge on any atom is -0.437 e. The number of ether oxygens (including phenoxy) is 1. The summed E-state index contributed by atoms with van der Waals surface area (Å²) in [7, 11) is 0. The SMILES string of the molecule is Cc1ccc2nc(Nc3ncnc(Oc4ccccc4)c3N)sc2c1. The van der Waals surface area contributed by atoms with Crippen LogP contribution in [0.2, 0.25) is 0 Å². The van der Waals surface area contributed by atoms with Crippen LogP contribution in [-0.2, 0) is 0 Å². The zero-order valence-electron chi connectivity index (χ0n) is 13.4. The number of nitrogens with two attached hydrogens (primary N) is 1. The van der Waals surface area contributed by atoms with Crippen molar-refractivity contribution in [1.29, 1.82) is 0 Å². The highest BCUT2D eigenvalue weighted by Gasteiger charge is 2.12. The van der Waals surface area contributed by atoms with Gasteiger partial charge in [0.25, 0.3) is 0 Å². The van der Waals surface area contributed by atoms with Gasteiger partial charge >= 0.3 is 0 Å². The molecule has 2 aromatic heterocycles. The maximum Gasteiger partial charge on any atom is 0.248 e. The summed E-state index contributed by atoms with van der Waals surface area (Å²) in [5, 5.41) is 3.88. The highest BCUT2D eigenvalue weighted by molar-refractivity contribution is 7.22. The molecule has 2 heterocycles. The lowest BCUT2D eigenvalue weighted by molar-refractivity contribution is 0.464. The van der Waals surface area contributed by atoms with Crippen molar-refractivity contribution >= 4 is 38.2 Å². The number of anilines is 3. The number of rotatable bonds is 4. The number of thiazole rings is 1. The first-order valence-electron chi connectivity index (χ1n) is 7.66. The molecule has 3 N–H and O–H groups in total.